The molecule has 5 heteroatoms. The third-order valence-electron chi connectivity index (χ3n) is 1.46. The van der Waals surface area contributed by atoms with E-state index in [2.05, 4.69) is 4.72 Å². The van der Waals surface area contributed by atoms with Crippen LogP contribution in [0.4, 0.5) is 0 Å². The highest BCUT2D eigenvalue weighted by Gasteiger charge is 2.27. The minimum Gasteiger partial charge on any atom is -0.372 e. The van der Waals surface area contributed by atoms with Crippen molar-refractivity contribution in [3.05, 3.63) is 0 Å². The summed E-state index contributed by atoms with van der Waals surface area (Å²) in [6.07, 6.45) is 0.0295. The second-order valence-electron chi connectivity index (χ2n) is 4.18. The zero-order valence-electron chi connectivity index (χ0n) is 9.62. The molecule has 86 valence electrons. The summed E-state index contributed by atoms with van der Waals surface area (Å²) in [5, 5.41) is 0. The van der Waals surface area contributed by atoms with Crippen molar-refractivity contribution in [2.24, 2.45) is 0 Å². The molecular weight excluding hydrogens is 202 g/mol. The molecule has 0 spiro atoms. The van der Waals surface area contributed by atoms with E-state index in [0.29, 0.717) is 6.54 Å². The summed E-state index contributed by atoms with van der Waals surface area (Å²) in [7, 11) is -3.21. The Kier molecular flexibility index (Phi) is 5.05. The molecule has 0 saturated carbocycles. The summed E-state index contributed by atoms with van der Waals surface area (Å²) in [6.45, 7) is 9.51. The average Bonchev–Trinajstić information content (AvgIpc) is 1.78. The molecule has 0 aliphatic rings. The van der Waals surface area contributed by atoms with Gasteiger partial charge in [-0.1, -0.05) is 6.92 Å². The molecule has 0 saturated heterocycles. The molecule has 0 fully saturated rings. The number of hydrogen-bond acceptors (Lipinski definition) is 3. The zero-order chi connectivity index (χ0) is 11.4. The third kappa shape index (κ3) is 6.34. The molecule has 0 amide bonds. The maximum atomic E-state index is 11.4. The van der Waals surface area contributed by atoms with E-state index in [-0.39, 0.29) is 11.9 Å². The van der Waals surface area contributed by atoms with E-state index in [1.54, 1.807) is 20.8 Å². The summed E-state index contributed by atoms with van der Waals surface area (Å²) in [5.41, 5.74) is -0.644. The molecule has 0 aromatic carbocycles. The Morgan fingerprint density at radius 1 is 1.36 bits per heavy atom. The smallest absolute Gasteiger partial charge is 0.214 e. The van der Waals surface area contributed by atoms with Crippen LogP contribution in [-0.2, 0) is 14.8 Å². The first-order chi connectivity index (χ1) is 6.18. The second kappa shape index (κ2) is 5.09. The molecule has 0 aromatic heterocycles. The highest BCUT2D eigenvalue weighted by molar-refractivity contribution is 7.89. The molecule has 0 aliphatic heterocycles. The SMILES string of the molecule is CCNS(=O)(=O)CC(C)(C)OC(C)C. The van der Waals surface area contributed by atoms with Crippen molar-refractivity contribution in [2.45, 2.75) is 46.3 Å². The van der Waals surface area contributed by atoms with E-state index in [4.69, 9.17) is 4.74 Å². The predicted molar refractivity (Wildman–Crippen MR) is 57.8 cm³/mol. The van der Waals surface area contributed by atoms with E-state index in [0.717, 1.165) is 0 Å². The van der Waals surface area contributed by atoms with Gasteiger partial charge in [0, 0.05) is 6.54 Å². The van der Waals surface area contributed by atoms with Gasteiger partial charge in [0.15, 0.2) is 0 Å². The molecule has 14 heavy (non-hydrogen) atoms. The number of sulfonamides is 1. The van der Waals surface area contributed by atoms with Crippen LogP contribution in [0.2, 0.25) is 0 Å². The maximum Gasteiger partial charge on any atom is 0.214 e. The Balaban J connectivity index is 4.35. The zero-order valence-corrected chi connectivity index (χ0v) is 10.4. The second-order valence-corrected chi connectivity index (χ2v) is 5.99. The van der Waals surface area contributed by atoms with Gasteiger partial charge in [-0.25, -0.2) is 13.1 Å². The summed E-state index contributed by atoms with van der Waals surface area (Å²) in [5.74, 6) is -0.00792. The molecule has 1 N–H and O–H groups in total. The van der Waals surface area contributed by atoms with Crippen LogP contribution in [0.25, 0.3) is 0 Å². The van der Waals surface area contributed by atoms with Gasteiger partial charge >= 0.3 is 0 Å². The fourth-order valence-electron chi connectivity index (χ4n) is 1.40. The topological polar surface area (TPSA) is 55.4 Å². The van der Waals surface area contributed by atoms with Gasteiger partial charge in [0.25, 0.3) is 0 Å². The fraction of sp³-hybridized carbons (Fsp3) is 1.00. The largest absolute Gasteiger partial charge is 0.372 e. The average molecular weight is 223 g/mol. The first kappa shape index (κ1) is 13.9. The highest BCUT2D eigenvalue weighted by Crippen LogP contribution is 2.14. The van der Waals surface area contributed by atoms with E-state index in [1.165, 1.54) is 0 Å². The van der Waals surface area contributed by atoms with Crippen LogP contribution in [0.1, 0.15) is 34.6 Å². The number of ether oxygens (including phenoxy) is 1. The van der Waals surface area contributed by atoms with Gasteiger partial charge in [-0.05, 0) is 27.7 Å². The lowest BCUT2D eigenvalue weighted by atomic mass is 10.2. The molecule has 0 unspecified atom stereocenters. The quantitative estimate of drug-likeness (QED) is 0.734. The van der Waals surface area contributed by atoms with Crippen LogP contribution in [0.5, 0.6) is 0 Å². The Bertz CT molecular complexity index is 257. The maximum absolute atomic E-state index is 11.4. The summed E-state index contributed by atoms with van der Waals surface area (Å²) in [6, 6.07) is 0. The van der Waals surface area contributed by atoms with Crippen molar-refractivity contribution in [3.63, 3.8) is 0 Å². The van der Waals surface area contributed by atoms with Crippen molar-refractivity contribution < 1.29 is 13.2 Å². The molecule has 0 aromatic rings. The van der Waals surface area contributed by atoms with Crippen LogP contribution >= 0.6 is 0 Å². The van der Waals surface area contributed by atoms with Crippen LogP contribution in [0, 0.1) is 0 Å². The molecule has 0 atom stereocenters. The molecule has 4 nitrogen and oxygen atoms in total. The minimum absolute atomic E-state index is 0.00792. The monoisotopic (exact) mass is 223 g/mol. The van der Waals surface area contributed by atoms with Crippen LogP contribution in [0.3, 0.4) is 0 Å². The van der Waals surface area contributed by atoms with Gasteiger partial charge in [-0.15, -0.1) is 0 Å². The van der Waals surface area contributed by atoms with Crippen LogP contribution < -0.4 is 4.72 Å². The van der Waals surface area contributed by atoms with E-state index >= 15 is 0 Å². The fourth-order valence-corrected chi connectivity index (χ4v) is 2.93. The molecule has 0 radical (unpaired) electrons. The lowest BCUT2D eigenvalue weighted by molar-refractivity contribution is -0.0401. The van der Waals surface area contributed by atoms with Crippen LogP contribution in [0.15, 0.2) is 0 Å². The van der Waals surface area contributed by atoms with Gasteiger partial charge < -0.3 is 4.74 Å². The first-order valence-electron chi connectivity index (χ1n) is 4.83. The lowest BCUT2D eigenvalue weighted by Gasteiger charge is -2.27. The molecule has 0 heterocycles. The normalized spacial score (nSPS) is 13.6. The number of nitrogens with one attached hydrogen (secondary N) is 1. The Labute approximate surface area is 87.1 Å². The van der Waals surface area contributed by atoms with E-state index in [9.17, 15) is 8.42 Å². The third-order valence-corrected chi connectivity index (χ3v) is 3.26. The predicted octanol–water partition coefficient (Wildman–Crippen LogP) is 1.13. The number of rotatable bonds is 6. The molecule has 0 bridgehead atoms. The Morgan fingerprint density at radius 3 is 2.21 bits per heavy atom. The summed E-state index contributed by atoms with van der Waals surface area (Å²) in [4.78, 5) is 0. The van der Waals surface area contributed by atoms with Crippen molar-refractivity contribution in [1.82, 2.24) is 4.72 Å². The Hall–Kier alpha value is -0.130. The van der Waals surface area contributed by atoms with Gasteiger partial charge in [0.1, 0.15) is 0 Å². The lowest BCUT2D eigenvalue weighted by Crippen LogP contribution is -2.40. The van der Waals surface area contributed by atoms with Gasteiger partial charge in [-0.3, -0.25) is 0 Å². The minimum atomic E-state index is -3.21. The van der Waals surface area contributed by atoms with E-state index < -0.39 is 15.6 Å². The van der Waals surface area contributed by atoms with Crippen molar-refractivity contribution in [3.8, 4) is 0 Å². The van der Waals surface area contributed by atoms with Crippen molar-refractivity contribution in [2.75, 3.05) is 12.3 Å². The first-order valence-corrected chi connectivity index (χ1v) is 6.49. The van der Waals surface area contributed by atoms with Gasteiger partial charge in [-0.2, -0.15) is 0 Å². The summed E-state index contributed by atoms with van der Waals surface area (Å²) >= 11 is 0. The highest BCUT2D eigenvalue weighted by atomic mass is 32.2. The standard InChI is InChI=1S/C9H21NO3S/c1-6-10-14(11,12)7-9(4,5)13-8(2)3/h8,10H,6-7H2,1-5H3. The number of hydrogen-bond donors (Lipinski definition) is 1. The molecule has 0 rings (SSSR count). The van der Waals surface area contributed by atoms with Crippen molar-refractivity contribution in [1.29, 1.82) is 0 Å². The Morgan fingerprint density at radius 2 is 1.86 bits per heavy atom. The van der Waals surface area contributed by atoms with Crippen LogP contribution in [-0.4, -0.2) is 32.4 Å². The van der Waals surface area contributed by atoms with Crippen molar-refractivity contribution >= 4 is 10.0 Å². The van der Waals surface area contributed by atoms with E-state index in [1.807, 2.05) is 13.8 Å². The summed E-state index contributed by atoms with van der Waals surface area (Å²) < 4.78 is 30.8. The molecule has 0 aliphatic carbocycles. The van der Waals surface area contributed by atoms with Gasteiger partial charge in [0.05, 0.1) is 17.5 Å². The molecular formula is C9H21NO3S. The van der Waals surface area contributed by atoms with Gasteiger partial charge in [0.2, 0.25) is 10.0 Å².